The van der Waals surface area contributed by atoms with Gasteiger partial charge >= 0.3 is 0 Å². The normalized spacial score (nSPS) is 12.0. The predicted molar refractivity (Wildman–Crippen MR) is 161 cm³/mol. The molecule has 11 heteroatoms. The van der Waals surface area contributed by atoms with Crippen LogP contribution in [0.1, 0.15) is 38.7 Å². The van der Waals surface area contributed by atoms with E-state index >= 15 is 0 Å². The lowest BCUT2D eigenvalue weighted by molar-refractivity contribution is -0.140. The number of amides is 2. The molecule has 3 rings (SSSR count). The molecule has 0 heterocycles. The Hall–Kier alpha value is -2.78. The van der Waals surface area contributed by atoms with E-state index in [2.05, 4.69) is 5.32 Å². The van der Waals surface area contributed by atoms with Gasteiger partial charge in [-0.2, -0.15) is 0 Å². The van der Waals surface area contributed by atoms with Gasteiger partial charge in [-0.15, -0.1) is 0 Å². The molecule has 2 amide bonds. The first kappa shape index (κ1) is 31.7. The quantitative estimate of drug-likeness (QED) is 0.218. The van der Waals surface area contributed by atoms with Crippen LogP contribution in [0.15, 0.2) is 77.7 Å². The Labute approximate surface area is 251 Å². The average molecular weight is 625 g/mol. The van der Waals surface area contributed by atoms with Gasteiger partial charge in [0, 0.05) is 23.1 Å². The number of carbonyl (C=O) groups excluding carboxylic acids is 2. The number of carbonyl (C=O) groups is 2. The van der Waals surface area contributed by atoms with Gasteiger partial charge < -0.3 is 10.2 Å². The SMILES string of the molecule is CCCCNC(=O)[C@H](CC)N(Cc1ccccc1Cl)C(=O)CN(c1ccc(Cl)cc1Cl)S(=O)(=O)c1ccccc1. The number of hydrogen-bond acceptors (Lipinski definition) is 4. The smallest absolute Gasteiger partial charge is 0.264 e. The summed E-state index contributed by atoms with van der Waals surface area (Å²) in [6, 6.07) is 18.3. The summed E-state index contributed by atoms with van der Waals surface area (Å²) in [7, 11) is -4.24. The van der Waals surface area contributed by atoms with E-state index in [1.807, 2.05) is 6.92 Å². The van der Waals surface area contributed by atoms with Crippen molar-refractivity contribution in [1.82, 2.24) is 10.2 Å². The molecular formula is C29H32Cl3N3O4S. The molecule has 0 aliphatic heterocycles. The fourth-order valence-electron chi connectivity index (χ4n) is 4.15. The number of nitrogens with zero attached hydrogens (tertiary/aromatic N) is 2. The Kier molecular flexibility index (Phi) is 11.7. The highest BCUT2D eigenvalue weighted by molar-refractivity contribution is 7.92. The van der Waals surface area contributed by atoms with Crippen LogP contribution in [-0.4, -0.2) is 44.3 Å². The average Bonchev–Trinajstić information content (AvgIpc) is 2.93. The maximum Gasteiger partial charge on any atom is 0.264 e. The highest BCUT2D eigenvalue weighted by Crippen LogP contribution is 2.33. The van der Waals surface area contributed by atoms with Gasteiger partial charge in [-0.1, -0.05) is 91.5 Å². The fraction of sp³-hybridized carbons (Fsp3) is 0.310. The van der Waals surface area contributed by atoms with Crippen molar-refractivity contribution in [3.8, 4) is 0 Å². The summed E-state index contributed by atoms with van der Waals surface area (Å²) in [5.41, 5.74) is 0.709. The van der Waals surface area contributed by atoms with Crippen molar-refractivity contribution in [2.24, 2.45) is 0 Å². The molecule has 0 aliphatic rings. The summed E-state index contributed by atoms with van der Waals surface area (Å²) in [4.78, 5) is 28.6. The van der Waals surface area contributed by atoms with Gasteiger partial charge in [-0.05, 0) is 54.8 Å². The molecule has 0 fully saturated rings. The van der Waals surface area contributed by atoms with Gasteiger partial charge in [0.15, 0.2) is 0 Å². The van der Waals surface area contributed by atoms with Crippen LogP contribution in [0.4, 0.5) is 5.69 Å². The minimum atomic E-state index is -4.24. The first-order valence-corrected chi connectivity index (χ1v) is 15.5. The van der Waals surface area contributed by atoms with Gasteiger partial charge in [0.1, 0.15) is 12.6 Å². The van der Waals surface area contributed by atoms with E-state index in [0.29, 0.717) is 28.6 Å². The third kappa shape index (κ3) is 7.91. The van der Waals surface area contributed by atoms with Crippen LogP contribution in [0.3, 0.4) is 0 Å². The Morgan fingerprint density at radius 2 is 1.57 bits per heavy atom. The molecule has 3 aromatic carbocycles. The predicted octanol–water partition coefficient (Wildman–Crippen LogP) is 6.57. The summed E-state index contributed by atoms with van der Waals surface area (Å²) < 4.78 is 28.7. The zero-order valence-electron chi connectivity index (χ0n) is 22.3. The van der Waals surface area contributed by atoms with Crippen LogP contribution >= 0.6 is 34.8 Å². The largest absolute Gasteiger partial charge is 0.354 e. The molecule has 1 atom stereocenters. The number of anilines is 1. The number of unbranched alkanes of at least 4 members (excludes halogenated alkanes) is 1. The Morgan fingerprint density at radius 3 is 2.20 bits per heavy atom. The summed E-state index contributed by atoms with van der Waals surface area (Å²) >= 11 is 18.9. The van der Waals surface area contributed by atoms with Gasteiger partial charge in [-0.25, -0.2) is 8.42 Å². The Bertz CT molecular complexity index is 1420. The third-order valence-electron chi connectivity index (χ3n) is 6.30. The van der Waals surface area contributed by atoms with E-state index in [-0.39, 0.29) is 28.1 Å². The molecule has 1 N–H and O–H groups in total. The van der Waals surface area contributed by atoms with Gasteiger partial charge in [0.05, 0.1) is 15.6 Å². The van der Waals surface area contributed by atoms with Crippen LogP contribution in [0.5, 0.6) is 0 Å². The molecule has 40 heavy (non-hydrogen) atoms. The van der Waals surface area contributed by atoms with Crippen molar-refractivity contribution in [2.45, 2.75) is 50.6 Å². The van der Waals surface area contributed by atoms with Crippen molar-refractivity contribution >= 4 is 62.3 Å². The van der Waals surface area contributed by atoms with Crippen molar-refractivity contribution in [2.75, 3.05) is 17.4 Å². The van der Waals surface area contributed by atoms with E-state index in [9.17, 15) is 18.0 Å². The summed E-state index contributed by atoms with van der Waals surface area (Å²) in [5, 5.41) is 3.69. The molecule has 0 aliphatic carbocycles. The van der Waals surface area contributed by atoms with Crippen LogP contribution in [0.2, 0.25) is 15.1 Å². The van der Waals surface area contributed by atoms with Crippen molar-refractivity contribution in [3.63, 3.8) is 0 Å². The fourth-order valence-corrected chi connectivity index (χ4v) is 6.36. The number of hydrogen-bond donors (Lipinski definition) is 1. The first-order valence-electron chi connectivity index (χ1n) is 12.9. The van der Waals surface area contributed by atoms with Crippen molar-refractivity contribution in [3.05, 3.63) is 93.4 Å². The van der Waals surface area contributed by atoms with Gasteiger partial charge in [-0.3, -0.25) is 13.9 Å². The summed E-state index contributed by atoms with van der Waals surface area (Å²) in [6.07, 6.45) is 1.99. The zero-order valence-corrected chi connectivity index (χ0v) is 25.4. The topological polar surface area (TPSA) is 86.8 Å². The number of benzene rings is 3. The molecule has 0 spiro atoms. The monoisotopic (exact) mass is 623 g/mol. The van der Waals surface area contributed by atoms with Crippen LogP contribution in [0.25, 0.3) is 0 Å². The number of sulfonamides is 1. The maximum atomic E-state index is 14.1. The zero-order chi connectivity index (χ0) is 29.3. The van der Waals surface area contributed by atoms with E-state index in [0.717, 1.165) is 17.1 Å². The molecule has 0 aromatic heterocycles. The molecule has 0 radical (unpaired) electrons. The third-order valence-corrected chi connectivity index (χ3v) is 8.98. The van der Waals surface area contributed by atoms with E-state index in [4.69, 9.17) is 34.8 Å². The molecule has 3 aromatic rings. The standard InChI is InChI=1S/C29H32Cl3N3O4S/c1-3-5-17-33-29(37)26(4-2)34(19-21-11-9-10-14-24(21)31)28(36)20-35(27-16-15-22(30)18-25(27)32)40(38,39)23-12-7-6-8-13-23/h6-16,18,26H,3-5,17,19-20H2,1-2H3,(H,33,37)/t26-/m0/s1. The molecule has 7 nitrogen and oxygen atoms in total. The maximum absolute atomic E-state index is 14.1. The molecule has 0 unspecified atom stereocenters. The summed E-state index contributed by atoms with van der Waals surface area (Å²) in [5.74, 6) is -0.915. The van der Waals surface area contributed by atoms with E-state index in [1.54, 1.807) is 49.4 Å². The lowest BCUT2D eigenvalue weighted by Crippen LogP contribution is -2.52. The van der Waals surface area contributed by atoms with Gasteiger partial charge in [0.25, 0.3) is 10.0 Å². The number of nitrogens with one attached hydrogen (secondary N) is 1. The Balaban J connectivity index is 2.07. The highest BCUT2D eigenvalue weighted by atomic mass is 35.5. The lowest BCUT2D eigenvalue weighted by Gasteiger charge is -2.33. The highest BCUT2D eigenvalue weighted by Gasteiger charge is 2.34. The molecule has 0 bridgehead atoms. The van der Waals surface area contributed by atoms with Crippen LogP contribution in [0, 0.1) is 0 Å². The Morgan fingerprint density at radius 1 is 0.900 bits per heavy atom. The lowest BCUT2D eigenvalue weighted by atomic mass is 10.1. The minimum absolute atomic E-state index is 0.00574. The molecular weight excluding hydrogens is 593 g/mol. The van der Waals surface area contributed by atoms with Crippen molar-refractivity contribution in [1.29, 1.82) is 0 Å². The molecule has 0 saturated carbocycles. The van der Waals surface area contributed by atoms with Crippen LogP contribution < -0.4 is 9.62 Å². The molecule has 0 saturated heterocycles. The minimum Gasteiger partial charge on any atom is -0.354 e. The summed E-state index contributed by atoms with van der Waals surface area (Å²) in [6.45, 7) is 3.67. The van der Waals surface area contributed by atoms with Crippen LogP contribution in [-0.2, 0) is 26.2 Å². The second-order valence-electron chi connectivity index (χ2n) is 9.10. The number of rotatable bonds is 13. The van der Waals surface area contributed by atoms with E-state index in [1.165, 1.54) is 35.2 Å². The second-order valence-corrected chi connectivity index (χ2v) is 12.2. The van der Waals surface area contributed by atoms with Gasteiger partial charge in [0.2, 0.25) is 11.8 Å². The number of halogens is 3. The first-order chi connectivity index (χ1) is 19.1. The molecule has 214 valence electrons. The van der Waals surface area contributed by atoms with E-state index < -0.39 is 28.5 Å². The van der Waals surface area contributed by atoms with Crippen molar-refractivity contribution < 1.29 is 18.0 Å². The second kappa shape index (κ2) is 14.7.